The SMILES string of the molecule is COc1cc(Br)c(OC(CN)c2cccc(Cl)c2)cc1Br. The molecule has 2 N–H and O–H groups in total. The van der Waals surface area contributed by atoms with E-state index in [1.807, 2.05) is 36.4 Å². The van der Waals surface area contributed by atoms with Gasteiger partial charge in [0, 0.05) is 11.6 Å². The van der Waals surface area contributed by atoms with Gasteiger partial charge in [-0.05, 0) is 61.7 Å². The van der Waals surface area contributed by atoms with E-state index < -0.39 is 0 Å². The summed E-state index contributed by atoms with van der Waals surface area (Å²) in [5, 5.41) is 0.657. The van der Waals surface area contributed by atoms with Crippen molar-refractivity contribution in [2.75, 3.05) is 13.7 Å². The molecule has 2 aromatic rings. The van der Waals surface area contributed by atoms with Crippen molar-refractivity contribution in [1.82, 2.24) is 0 Å². The highest BCUT2D eigenvalue weighted by molar-refractivity contribution is 9.11. The fourth-order valence-corrected chi connectivity index (χ4v) is 2.97. The van der Waals surface area contributed by atoms with Crippen molar-refractivity contribution in [1.29, 1.82) is 0 Å². The monoisotopic (exact) mass is 433 g/mol. The highest BCUT2D eigenvalue weighted by atomic mass is 79.9. The molecule has 0 bridgehead atoms. The predicted molar refractivity (Wildman–Crippen MR) is 92.3 cm³/mol. The maximum Gasteiger partial charge on any atom is 0.136 e. The summed E-state index contributed by atoms with van der Waals surface area (Å²) in [4.78, 5) is 0. The normalized spacial score (nSPS) is 12.0. The van der Waals surface area contributed by atoms with Crippen molar-refractivity contribution in [3.05, 3.63) is 55.9 Å². The molecule has 0 saturated carbocycles. The Morgan fingerprint density at radius 1 is 1.14 bits per heavy atom. The van der Waals surface area contributed by atoms with Crippen molar-refractivity contribution >= 4 is 43.5 Å². The van der Waals surface area contributed by atoms with Crippen molar-refractivity contribution < 1.29 is 9.47 Å². The Balaban J connectivity index is 2.29. The lowest BCUT2D eigenvalue weighted by molar-refractivity contribution is 0.212. The number of rotatable bonds is 5. The van der Waals surface area contributed by atoms with Gasteiger partial charge in [0.25, 0.3) is 0 Å². The average molecular weight is 436 g/mol. The Morgan fingerprint density at radius 3 is 2.43 bits per heavy atom. The molecule has 21 heavy (non-hydrogen) atoms. The van der Waals surface area contributed by atoms with Gasteiger partial charge >= 0.3 is 0 Å². The zero-order valence-electron chi connectivity index (χ0n) is 11.3. The van der Waals surface area contributed by atoms with Gasteiger partial charge in [0.1, 0.15) is 17.6 Å². The van der Waals surface area contributed by atoms with E-state index >= 15 is 0 Å². The van der Waals surface area contributed by atoms with Gasteiger partial charge in [-0.25, -0.2) is 0 Å². The van der Waals surface area contributed by atoms with Crippen molar-refractivity contribution in [2.45, 2.75) is 6.10 Å². The van der Waals surface area contributed by atoms with Crippen LogP contribution in [0.15, 0.2) is 45.3 Å². The number of hydrogen-bond acceptors (Lipinski definition) is 3. The summed E-state index contributed by atoms with van der Waals surface area (Å²) >= 11 is 12.9. The number of hydrogen-bond donors (Lipinski definition) is 1. The molecule has 2 rings (SSSR count). The van der Waals surface area contributed by atoms with Crippen LogP contribution in [0.2, 0.25) is 5.02 Å². The third kappa shape index (κ3) is 4.13. The van der Waals surface area contributed by atoms with E-state index in [4.69, 9.17) is 26.8 Å². The minimum atomic E-state index is -0.278. The summed E-state index contributed by atoms with van der Waals surface area (Å²) in [6, 6.07) is 11.2. The number of benzene rings is 2. The lowest BCUT2D eigenvalue weighted by Gasteiger charge is -2.20. The number of ether oxygens (including phenoxy) is 2. The molecule has 0 aliphatic rings. The maximum atomic E-state index is 6.02. The summed E-state index contributed by atoms with van der Waals surface area (Å²) in [6.07, 6.45) is -0.278. The van der Waals surface area contributed by atoms with Gasteiger partial charge < -0.3 is 15.2 Å². The second-order valence-electron chi connectivity index (χ2n) is 4.31. The van der Waals surface area contributed by atoms with Crippen LogP contribution in [0, 0.1) is 0 Å². The summed E-state index contributed by atoms with van der Waals surface area (Å²) in [7, 11) is 1.61. The van der Waals surface area contributed by atoms with Gasteiger partial charge in [-0.2, -0.15) is 0 Å². The van der Waals surface area contributed by atoms with Crippen molar-refractivity contribution in [2.24, 2.45) is 5.73 Å². The molecule has 0 amide bonds. The van der Waals surface area contributed by atoms with Gasteiger partial charge in [-0.3, -0.25) is 0 Å². The molecular weight excluding hydrogens is 421 g/mol. The van der Waals surface area contributed by atoms with E-state index in [9.17, 15) is 0 Å². The maximum absolute atomic E-state index is 6.02. The first-order valence-electron chi connectivity index (χ1n) is 6.20. The van der Waals surface area contributed by atoms with Crippen LogP contribution in [0.1, 0.15) is 11.7 Å². The Hall–Kier alpha value is -0.750. The first kappa shape index (κ1) is 16.6. The second kappa shape index (κ2) is 7.49. The van der Waals surface area contributed by atoms with Crippen LogP contribution in [0.3, 0.4) is 0 Å². The first-order chi connectivity index (χ1) is 10.0. The van der Waals surface area contributed by atoms with Crippen LogP contribution >= 0.6 is 43.5 Å². The standard InChI is InChI=1S/C15H14Br2ClNO2/c1-20-13-6-12(17)14(7-11(13)16)21-15(8-19)9-3-2-4-10(18)5-9/h2-7,15H,8,19H2,1H3. The molecular formula is C15H14Br2ClNO2. The molecule has 2 aromatic carbocycles. The highest BCUT2D eigenvalue weighted by Gasteiger charge is 2.15. The molecule has 0 spiro atoms. The summed E-state index contributed by atoms with van der Waals surface area (Å²) in [6.45, 7) is 0.344. The fourth-order valence-electron chi connectivity index (χ4n) is 1.87. The minimum Gasteiger partial charge on any atom is -0.496 e. The number of methoxy groups -OCH3 is 1. The second-order valence-corrected chi connectivity index (χ2v) is 6.46. The molecule has 1 unspecified atom stereocenters. The smallest absolute Gasteiger partial charge is 0.136 e. The van der Waals surface area contributed by atoms with Crippen LogP contribution in [0.5, 0.6) is 11.5 Å². The lowest BCUT2D eigenvalue weighted by Crippen LogP contribution is -2.18. The average Bonchev–Trinajstić information content (AvgIpc) is 2.47. The van der Waals surface area contributed by atoms with Crippen molar-refractivity contribution in [3.63, 3.8) is 0 Å². The largest absolute Gasteiger partial charge is 0.496 e. The van der Waals surface area contributed by atoms with Gasteiger partial charge in [0.15, 0.2) is 0 Å². The molecule has 0 heterocycles. The molecule has 0 saturated heterocycles. The van der Waals surface area contributed by atoms with E-state index in [0.717, 1.165) is 20.3 Å². The summed E-state index contributed by atoms with van der Waals surface area (Å²) < 4.78 is 12.8. The number of nitrogens with two attached hydrogens (primary N) is 1. The van der Waals surface area contributed by atoms with E-state index in [1.165, 1.54) is 0 Å². The van der Waals surface area contributed by atoms with E-state index in [-0.39, 0.29) is 6.10 Å². The third-order valence-corrected chi connectivity index (χ3v) is 4.38. The molecule has 3 nitrogen and oxygen atoms in total. The van der Waals surface area contributed by atoms with Gasteiger partial charge in [0.2, 0.25) is 0 Å². The molecule has 0 aliphatic heterocycles. The van der Waals surface area contributed by atoms with Gasteiger partial charge in [0.05, 0.1) is 16.1 Å². The van der Waals surface area contributed by atoms with Crippen LogP contribution < -0.4 is 15.2 Å². The van der Waals surface area contributed by atoms with E-state index in [1.54, 1.807) is 7.11 Å². The summed E-state index contributed by atoms with van der Waals surface area (Å²) in [5.74, 6) is 1.40. The molecule has 0 aliphatic carbocycles. The van der Waals surface area contributed by atoms with Gasteiger partial charge in [-0.15, -0.1) is 0 Å². The van der Waals surface area contributed by atoms with E-state index in [2.05, 4.69) is 31.9 Å². The van der Waals surface area contributed by atoms with Crippen LogP contribution in [0.25, 0.3) is 0 Å². The van der Waals surface area contributed by atoms with Crippen LogP contribution in [0.4, 0.5) is 0 Å². The quantitative estimate of drug-likeness (QED) is 0.723. The zero-order valence-corrected chi connectivity index (χ0v) is 15.2. The molecule has 0 fully saturated rings. The molecule has 0 aromatic heterocycles. The Morgan fingerprint density at radius 2 is 1.81 bits per heavy atom. The first-order valence-corrected chi connectivity index (χ1v) is 8.16. The number of halogens is 3. The highest BCUT2D eigenvalue weighted by Crippen LogP contribution is 2.38. The molecule has 6 heteroatoms. The zero-order chi connectivity index (χ0) is 15.4. The minimum absolute atomic E-state index is 0.278. The third-order valence-electron chi connectivity index (χ3n) is 2.91. The topological polar surface area (TPSA) is 44.5 Å². The van der Waals surface area contributed by atoms with Crippen molar-refractivity contribution in [3.8, 4) is 11.5 Å². The van der Waals surface area contributed by atoms with Crippen LogP contribution in [-0.2, 0) is 0 Å². The molecule has 0 radical (unpaired) electrons. The molecule has 1 atom stereocenters. The Kier molecular flexibility index (Phi) is 5.93. The fraction of sp³-hybridized carbons (Fsp3) is 0.200. The Labute approximate surface area is 145 Å². The van der Waals surface area contributed by atoms with E-state index in [0.29, 0.717) is 17.3 Å². The molecule has 112 valence electrons. The predicted octanol–water partition coefficient (Wildman–Crippen LogP) is 4.95. The lowest BCUT2D eigenvalue weighted by atomic mass is 10.1. The van der Waals surface area contributed by atoms with Gasteiger partial charge in [-0.1, -0.05) is 23.7 Å². The van der Waals surface area contributed by atoms with Crippen LogP contribution in [-0.4, -0.2) is 13.7 Å². The summed E-state index contributed by atoms with van der Waals surface area (Å²) in [5.41, 5.74) is 6.76. The Bertz CT molecular complexity index is 637.